The van der Waals surface area contributed by atoms with Crippen LogP contribution in [0.15, 0.2) is 6.07 Å². The maximum atomic E-state index is 11.1. The van der Waals surface area contributed by atoms with E-state index in [1.54, 1.807) is 0 Å². The Morgan fingerprint density at radius 2 is 1.95 bits per heavy atom. The van der Waals surface area contributed by atoms with Crippen LogP contribution in [-0.4, -0.2) is 60.5 Å². The third-order valence-corrected chi connectivity index (χ3v) is 4.25. The van der Waals surface area contributed by atoms with Crippen molar-refractivity contribution in [1.29, 1.82) is 0 Å². The summed E-state index contributed by atoms with van der Waals surface area (Å²) in [6.45, 7) is 3.92. The number of anilines is 1. The first kappa shape index (κ1) is 14.4. The molecule has 114 valence electrons. The van der Waals surface area contributed by atoms with Crippen molar-refractivity contribution in [2.24, 2.45) is 0 Å². The molecule has 0 radical (unpaired) electrons. The molecule has 7 heteroatoms. The molecule has 1 fully saturated rings. The molecule has 0 saturated carbocycles. The van der Waals surface area contributed by atoms with Crippen molar-refractivity contribution in [3.05, 3.63) is 22.3 Å². The molecule has 21 heavy (non-hydrogen) atoms. The zero-order valence-electron chi connectivity index (χ0n) is 11.7. The van der Waals surface area contributed by atoms with Crippen molar-refractivity contribution >= 4 is 23.5 Å². The molecule has 1 amide bonds. The Kier molecular flexibility index (Phi) is 4.17. The molecule has 3 rings (SSSR count). The summed E-state index contributed by atoms with van der Waals surface area (Å²) in [6.07, 6.45) is 0.427. The number of rotatable bonds is 1. The number of aromatic nitrogens is 1. The summed E-state index contributed by atoms with van der Waals surface area (Å²) in [5.74, 6) is 0.794. The topological polar surface area (TPSA) is 65.9 Å². The van der Waals surface area contributed by atoms with Gasteiger partial charge in [0, 0.05) is 38.3 Å². The van der Waals surface area contributed by atoms with Crippen LogP contribution in [0.3, 0.4) is 0 Å². The van der Waals surface area contributed by atoms with Crippen molar-refractivity contribution in [1.82, 2.24) is 9.88 Å². The van der Waals surface area contributed by atoms with Crippen LogP contribution in [0.25, 0.3) is 0 Å². The Morgan fingerprint density at radius 1 is 1.24 bits per heavy atom. The standard InChI is InChI=1S/C14H18ClN3O3/c15-11-9-10-1-3-18(14(19)20)4-2-12(10)16-13(11)17-5-7-21-8-6-17/h9H,1-8H2,(H,19,20). The molecule has 1 aromatic rings. The van der Waals surface area contributed by atoms with E-state index >= 15 is 0 Å². The molecule has 1 saturated heterocycles. The quantitative estimate of drug-likeness (QED) is 0.854. The molecule has 1 aromatic heterocycles. The molecule has 6 nitrogen and oxygen atoms in total. The summed E-state index contributed by atoms with van der Waals surface area (Å²) in [7, 11) is 0. The SMILES string of the molecule is O=C(O)N1CCc2cc(Cl)c(N3CCOCC3)nc2CC1. The minimum atomic E-state index is -0.873. The molecule has 0 spiro atoms. The summed E-state index contributed by atoms with van der Waals surface area (Å²) >= 11 is 6.37. The summed E-state index contributed by atoms with van der Waals surface area (Å²) < 4.78 is 5.35. The molecule has 1 N–H and O–H groups in total. The lowest BCUT2D eigenvalue weighted by Gasteiger charge is -2.29. The Morgan fingerprint density at radius 3 is 2.67 bits per heavy atom. The zero-order chi connectivity index (χ0) is 14.8. The summed E-state index contributed by atoms with van der Waals surface area (Å²) in [6, 6.07) is 1.94. The van der Waals surface area contributed by atoms with Gasteiger partial charge in [0.25, 0.3) is 0 Å². The van der Waals surface area contributed by atoms with E-state index in [1.165, 1.54) is 4.90 Å². The van der Waals surface area contributed by atoms with Gasteiger partial charge in [-0.05, 0) is 18.1 Å². The number of morpholine rings is 1. The lowest BCUT2D eigenvalue weighted by molar-refractivity contribution is 0.122. The van der Waals surface area contributed by atoms with Crippen LogP contribution < -0.4 is 4.90 Å². The predicted molar refractivity (Wildman–Crippen MR) is 79.3 cm³/mol. The maximum Gasteiger partial charge on any atom is 0.407 e. The Balaban J connectivity index is 1.85. The molecule has 2 aliphatic rings. The average molecular weight is 312 g/mol. The van der Waals surface area contributed by atoms with Crippen molar-refractivity contribution < 1.29 is 14.6 Å². The third kappa shape index (κ3) is 3.06. The first-order valence-corrected chi connectivity index (χ1v) is 7.52. The lowest BCUT2D eigenvalue weighted by atomic mass is 10.1. The minimum Gasteiger partial charge on any atom is -0.465 e. The van der Waals surface area contributed by atoms with Crippen molar-refractivity contribution in [3.63, 3.8) is 0 Å². The lowest BCUT2D eigenvalue weighted by Crippen LogP contribution is -2.37. The fraction of sp³-hybridized carbons (Fsp3) is 0.571. The van der Waals surface area contributed by atoms with E-state index in [0.29, 0.717) is 44.2 Å². The molecular weight excluding hydrogens is 294 g/mol. The Labute approximate surface area is 128 Å². The number of halogens is 1. The van der Waals surface area contributed by atoms with Gasteiger partial charge in [-0.1, -0.05) is 11.6 Å². The molecule has 2 aliphatic heterocycles. The monoisotopic (exact) mass is 311 g/mol. The van der Waals surface area contributed by atoms with Gasteiger partial charge in [0.15, 0.2) is 0 Å². The van der Waals surface area contributed by atoms with E-state index in [4.69, 9.17) is 26.4 Å². The Bertz CT molecular complexity index is 547. The molecule has 0 atom stereocenters. The van der Waals surface area contributed by atoms with Crippen molar-refractivity contribution in [2.45, 2.75) is 12.8 Å². The van der Waals surface area contributed by atoms with Gasteiger partial charge in [-0.3, -0.25) is 0 Å². The van der Waals surface area contributed by atoms with Crippen LogP contribution in [0.5, 0.6) is 0 Å². The number of carbonyl (C=O) groups is 1. The number of ether oxygens (including phenoxy) is 1. The average Bonchev–Trinajstić information content (AvgIpc) is 2.69. The van der Waals surface area contributed by atoms with Gasteiger partial charge in [0.05, 0.1) is 18.2 Å². The third-order valence-electron chi connectivity index (χ3n) is 3.98. The van der Waals surface area contributed by atoms with Gasteiger partial charge < -0.3 is 19.6 Å². The zero-order valence-corrected chi connectivity index (χ0v) is 12.5. The highest BCUT2D eigenvalue weighted by Gasteiger charge is 2.22. The highest BCUT2D eigenvalue weighted by molar-refractivity contribution is 6.33. The molecular formula is C14H18ClN3O3. The molecule has 0 bridgehead atoms. The van der Waals surface area contributed by atoms with E-state index < -0.39 is 6.09 Å². The van der Waals surface area contributed by atoms with E-state index in [0.717, 1.165) is 30.2 Å². The summed E-state index contributed by atoms with van der Waals surface area (Å²) in [5, 5.41) is 9.75. The normalized spacial score (nSPS) is 19.1. The summed E-state index contributed by atoms with van der Waals surface area (Å²) in [5.41, 5.74) is 2.02. The van der Waals surface area contributed by atoms with Gasteiger partial charge in [0.2, 0.25) is 0 Å². The second kappa shape index (κ2) is 6.07. The first-order chi connectivity index (χ1) is 10.1. The highest BCUT2D eigenvalue weighted by atomic mass is 35.5. The van der Waals surface area contributed by atoms with E-state index in [-0.39, 0.29) is 0 Å². The molecule has 3 heterocycles. The van der Waals surface area contributed by atoms with Gasteiger partial charge in [0.1, 0.15) is 5.82 Å². The molecule has 0 unspecified atom stereocenters. The second-order valence-corrected chi connectivity index (χ2v) is 5.68. The second-order valence-electron chi connectivity index (χ2n) is 5.27. The number of hydrogen-bond acceptors (Lipinski definition) is 4. The maximum absolute atomic E-state index is 11.1. The van der Waals surface area contributed by atoms with Gasteiger partial charge in [-0.2, -0.15) is 0 Å². The fourth-order valence-electron chi connectivity index (χ4n) is 2.78. The van der Waals surface area contributed by atoms with Crippen molar-refractivity contribution in [3.8, 4) is 0 Å². The Hall–Kier alpha value is -1.53. The number of hydrogen-bond donors (Lipinski definition) is 1. The van der Waals surface area contributed by atoms with Crippen LogP contribution >= 0.6 is 11.6 Å². The fourth-order valence-corrected chi connectivity index (χ4v) is 3.08. The van der Waals surface area contributed by atoms with Gasteiger partial charge in [-0.25, -0.2) is 9.78 Å². The number of pyridine rings is 1. The predicted octanol–water partition coefficient (Wildman–Crippen LogP) is 1.65. The molecule has 0 aliphatic carbocycles. The summed E-state index contributed by atoms with van der Waals surface area (Å²) in [4.78, 5) is 19.4. The number of nitrogens with zero attached hydrogens (tertiary/aromatic N) is 3. The largest absolute Gasteiger partial charge is 0.465 e. The van der Waals surface area contributed by atoms with Crippen LogP contribution in [0.1, 0.15) is 11.3 Å². The van der Waals surface area contributed by atoms with E-state index in [9.17, 15) is 4.79 Å². The number of carboxylic acid groups (broad SMARTS) is 1. The number of amides is 1. The number of fused-ring (bicyclic) bond motifs is 1. The van der Waals surface area contributed by atoms with Crippen LogP contribution in [-0.2, 0) is 17.6 Å². The van der Waals surface area contributed by atoms with E-state index in [1.807, 2.05) is 6.07 Å². The van der Waals surface area contributed by atoms with Crippen molar-refractivity contribution in [2.75, 3.05) is 44.3 Å². The minimum absolute atomic E-state index is 0.486. The highest BCUT2D eigenvalue weighted by Crippen LogP contribution is 2.28. The van der Waals surface area contributed by atoms with Gasteiger partial charge in [-0.15, -0.1) is 0 Å². The van der Waals surface area contributed by atoms with Crippen LogP contribution in [0.4, 0.5) is 10.6 Å². The van der Waals surface area contributed by atoms with Gasteiger partial charge >= 0.3 is 6.09 Å². The smallest absolute Gasteiger partial charge is 0.407 e. The van der Waals surface area contributed by atoms with Crippen LogP contribution in [0, 0.1) is 0 Å². The molecule has 0 aromatic carbocycles. The first-order valence-electron chi connectivity index (χ1n) is 7.14. The van der Waals surface area contributed by atoms with Crippen LogP contribution in [0.2, 0.25) is 5.02 Å². The van der Waals surface area contributed by atoms with E-state index in [2.05, 4.69) is 4.90 Å².